The van der Waals surface area contributed by atoms with Crippen LogP contribution in [0.15, 0.2) is 24.3 Å². The molecule has 0 bridgehead atoms. The average Bonchev–Trinajstić information content (AvgIpc) is 2.70. The molecule has 1 aromatic rings. The third kappa shape index (κ3) is 3.82. The van der Waals surface area contributed by atoms with Crippen LogP contribution in [0.3, 0.4) is 0 Å². The lowest BCUT2D eigenvalue weighted by Gasteiger charge is -2.10. The molecule has 1 saturated heterocycles. The van der Waals surface area contributed by atoms with E-state index in [1.165, 1.54) is 11.1 Å². The van der Waals surface area contributed by atoms with Crippen LogP contribution < -0.4 is 5.32 Å². The molecule has 0 aromatic heterocycles. The highest BCUT2D eigenvalue weighted by Crippen LogP contribution is 2.09. The number of rotatable bonds is 3. The van der Waals surface area contributed by atoms with Gasteiger partial charge in [-0.2, -0.15) is 0 Å². The Kier molecular flexibility index (Phi) is 5.09. The maximum atomic E-state index is 5.77. The van der Waals surface area contributed by atoms with Crippen molar-refractivity contribution >= 4 is 12.4 Å². The minimum atomic E-state index is 0. The Hall–Kier alpha value is -0.570. The van der Waals surface area contributed by atoms with Gasteiger partial charge in [0.15, 0.2) is 0 Å². The van der Waals surface area contributed by atoms with Crippen molar-refractivity contribution in [2.24, 2.45) is 0 Å². The number of ether oxygens (including phenoxy) is 1. The van der Waals surface area contributed by atoms with Crippen molar-refractivity contribution in [1.29, 1.82) is 0 Å². The van der Waals surface area contributed by atoms with Crippen molar-refractivity contribution in [1.82, 2.24) is 5.32 Å². The Morgan fingerprint density at radius 1 is 1.33 bits per heavy atom. The molecule has 1 aromatic carbocycles. The molecule has 0 spiro atoms. The van der Waals surface area contributed by atoms with Crippen LogP contribution in [0.2, 0.25) is 0 Å². The summed E-state index contributed by atoms with van der Waals surface area (Å²) in [4.78, 5) is 0. The largest absolute Gasteiger partial charge is 0.372 e. The number of halogens is 1. The minimum absolute atomic E-state index is 0. The van der Waals surface area contributed by atoms with Crippen LogP contribution in [0.1, 0.15) is 17.5 Å². The fraction of sp³-hybridized carbons (Fsp3) is 0.500. The van der Waals surface area contributed by atoms with Gasteiger partial charge < -0.3 is 10.1 Å². The van der Waals surface area contributed by atoms with E-state index in [0.717, 1.165) is 26.1 Å². The Labute approximate surface area is 97.4 Å². The van der Waals surface area contributed by atoms with E-state index in [1.807, 2.05) is 0 Å². The summed E-state index contributed by atoms with van der Waals surface area (Å²) < 4.78 is 5.77. The number of hydrogen-bond acceptors (Lipinski definition) is 2. The molecule has 0 unspecified atom stereocenters. The molecule has 1 atom stereocenters. The number of hydrogen-bond donors (Lipinski definition) is 1. The van der Waals surface area contributed by atoms with Crippen molar-refractivity contribution in [3.63, 3.8) is 0 Å². The van der Waals surface area contributed by atoms with Gasteiger partial charge in [0, 0.05) is 6.54 Å². The molecule has 2 nitrogen and oxygen atoms in total. The van der Waals surface area contributed by atoms with E-state index in [4.69, 9.17) is 4.74 Å². The molecule has 2 rings (SSSR count). The van der Waals surface area contributed by atoms with Crippen LogP contribution in [-0.4, -0.2) is 19.2 Å². The van der Waals surface area contributed by atoms with E-state index in [2.05, 4.69) is 36.5 Å². The summed E-state index contributed by atoms with van der Waals surface area (Å²) in [5.74, 6) is 0. The summed E-state index contributed by atoms with van der Waals surface area (Å²) in [6.45, 7) is 4.95. The highest BCUT2D eigenvalue weighted by Gasteiger charge is 2.14. The quantitative estimate of drug-likeness (QED) is 0.856. The molecular weight excluding hydrogens is 210 g/mol. The number of nitrogens with one attached hydrogen (secondary N) is 1. The van der Waals surface area contributed by atoms with Gasteiger partial charge in [-0.15, -0.1) is 12.4 Å². The summed E-state index contributed by atoms with van der Waals surface area (Å²) in [6, 6.07) is 8.53. The van der Waals surface area contributed by atoms with Crippen LogP contribution >= 0.6 is 12.4 Å². The fourth-order valence-corrected chi connectivity index (χ4v) is 1.67. The van der Waals surface area contributed by atoms with Crippen molar-refractivity contribution in [2.75, 3.05) is 13.1 Å². The maximum absolute atomic E-state index is 5.77. The first-order chi connectivity index (χ1) is 6.84. The highest BCUT2D eigenvalue weighted by atomic mass is 35.5. The predicted molar refractivity (Wildman–Crippen MR) is 64.5 cm³/mol. The van der Waals surface area contributed by atoms with E-state index in [0.29, 0.717) is 6.10 Å². The fourth-order valence-electron chi connectivity index (χ4n) is 1.67. The van der Waals surface area contributed by atoms with Crippen molar-refractivity contribution in [2.45, 2.75) is 26.1 Å². The third-order valence-corrected chi connectivity index (χ3v) is 2.62. The van der Waals surface area contributed by atoms with Gasteiger partial charge in [0.2, 0.25) is 0 Å². The second kappa shape index (κ2) is 6.11. The molecule has 0 saturated carbocycles. The Morgan fingerprint density at radius 2 is 2.07 bits per heavy atom. The maximum Gasteiger partial charge on any atom is 0.0721 e. The molecule has 1 aliphatic rings. The first kappa shape index (κ1) is 12.5. The summed E-state index contributed by atoms with van der Waals surface area (Å²) >= 11 is 0. The third-order valence-electron chi connectivity index (χ3n) is 2.62. The van der Waals surface area contributed by atoms with Crippen LogP contribution in [0.4, 0.5) is 0 Å². The monoisotopic (exact) mass is 227 g/mol. The highest BCUT2D eigenvalue weighted by molar-refractivity contribution is 5.85. The molecular formula is C12H18ClNO. The van der Waals surface area contributed by atoms with Gasteiger partial charge in [0.05, 0.1) is 12.7 Å². The summed E-state index contributed by atoms with van der Waals surface area (Å²) in [5, 5.41) is 3.29. The lowest BCUT2D eigenvalue weighted by atomic mass is 10.2. The minimum Gasteiger partial charge on any atom is -0.372 e. The zero-order chi connectivity index (χ0) is 9.80. The second-order valence-electron chi connectivity index (χ2n) is 3.91. The van der Waals surface area contributed by atoms with Crippen LogP contribution in [0.25, 0.3) is 0 Å². The van der Waals surface area contributed by atoms with Gasteiger partial charge in [0.1, 0.15) is 0 Å². The van der Waals surface area contributed by atoms with E-state index >= 15 is 0 Å². The SMILES string of the molecule is Cc1ccc(CO[C@@H]2CCNC2)cc1.Cl. The van der Waals surface area contributed by atoms with Crippen molar-refractivity contribution < 1.29 is 4.74 Å². The molecule has 1 N–H and O–H groups in total. The molecule has 15 heavy (non-hydrogen) atoms. The lowest BCUT2D eigenvalue weighted by molar-refractivity contribution is 0.0542. The topological polar surface area (TPSA) is 21.3 Å². The van der Waals surface area contributed by atoms with Crippen LogP contribution in [0.5, 0.6) is 0 Å². The molecule has 84 valence electrons. The second-order valence-corrected chi connectivity index (χ2v) is 3.91. The van der Waals surface area contributed by atoms with Gasteiger partial charge in [-0.3, -0.25) is 0 Å². The molecule has 0 aliphatic carbocycles. The van der Waals surface area contributed by atoms with Crippen molar-refractivity contribution in [3.8, 4) is 0 Å². The number of benzene rings is 1. The Bertz CT molecular complexity index is 280. The van der Waals surface area contributed by atoms with Gasteiger partial charge in [-0.05, 0) is 25.5 Å². The smallest absolute Gasteiger partial charge is 0.0721 e. The van der Waals surface area contributed by atoms with E-state index in [9.17, 15) is 0 Å². The predicted octanol–water partition coefficient (Wildman–Crippen LogP) is 2.30. The molecule has 1 aliphatic heterocycles. The standard InChI is InChI=1S/C12H17NO.ClH/c1-10-2-4-11(5-3-10)9-14-12-6-7-13-8-12;/h2-5,12-13H,6-9H2,1H3;1H/t12-;/m1./s1. The van der Waals surface area contributed by atoms with E-state index in [1.54, 1.807) is 0 Å². The zero-order valence-electron chi connectivity index (χ0n) is 9.03. The normalized spacial score (nSPS) is 19.9. The molecule has 0 radical (unpaired) electrons. The lowest BCUT2D eigenvalue weighted by Crippen LogP contribution is -2.16. The molecule has 1 heterocycles. The first-order valence-electron chi connectivity index (χ1n) is 5.22. The number of aryl methyl sites for hydroxylation is 1. The Balaban J connectivity index is 0.00000112. The van der Waals surface area contributed by atoms with Crippen LogP contribution in [-0.2, 0) is 11.3 Å². The average molecular weight is 228 g/mol. The van der Waals surface area contributed by atoms with E-state index in [-0.39, 0.29) is 12.4 Å². The molecule has 1 fully saturated rings. The summed E-state index contributed by atoms with van der Waals surface area (Å²) in [7, 11) is 0. The van der Waals surface area contributed by atoms with Crippen LogP contribution in [0, 0.1) is 6.92 Å². The van der Waals surface area contributed by atoms with Crippen molar-refractivity contribution in [3.05, 3.63) is 35.4 Å². The van der Waals surface area contributed by atoms with E-state index < -0.39 is 0 Å². The molecule has 3 heteroatoms. The van der Waals surface area contributed by atoms with Gasteiger partial charge in [-0.1, -0.05) is 29.8 Å². The molecule has 0 amide bonds. The Morgan fingerprint density at radius 3 is 2.67 bits per heavy atom. The zero-order valence-corrected chi connectivity index (χ0v) is 9.85. The summed E-state index contributed by atoms with van der Waals surface area (Å²) in [5.41, 5.74) is 2.57. The van der Waals surface area contributed by atoms with Gasteiger partial charge in [-0.25, -0.2) is 0 Å². The van der Waals surface area contributed by atoms with Gasteiger partial charge >= 0.3 is 0 Å². The summed E-state index contributed by atoms with van der Waals surface area (Å²) in [6.07, 6.45) is 1.56. The first-order valence-corrected chi connectivity index (χ1v) is 5.22. The van der Waals surface area contributed by atoms with Gasteiger partial charge in [0.25, 0.3) is 0 Å².